The van der Waals surface area contributed by atoms with Crippen LogP contribution < -0.4 is 11.2 Å². The molecule has 0 aliphatic carbocycles. The zero-order valence-electron chi connectivity index (χ0n) is 15.3. The molecule has 0 aliphatic heterocycles. The van der Waals surface area contributed by atoms with E-state index in [-0.39, 0.29) is 23.7 Å². The Balaban J connectivity index is 1.95. The number of aryl methyl sites for hydroxylation is 1. The van der Waals surface area contributed by atoms with Crippen molar-refractivity contribution in [3.8, 4) is 0 Å². The molecule has 2 heterocycles. The number of nitrogens with zero attached hydrogens (tertiary/aromatic N) is 4. The highest BCUT2D eigenvalue weighted by Crippen LogP contribution is 2.24. The minimum Gasteiger partial charge on any atom is -0.459 e. The van der Waals surface area contributed by atoms with Gasteiger partial charge in [-0.3, -0.25) is 4.79 Å². The van der Waals surface area contributed by atoms with E-state index in [1.807, 2.05) is 13.8 Å². The number of carbonyl (C=O) groups excluding carboxylic acids is 2. The summed E-state index contributed by atoms with van der Waals surface area (Å²) in [6.45, 7) is 9.16. The van der Waals surface area contributed by atoms with Crippen LogP contribution in [0.25, 0.3) is 0 Å². The van der Waals surface area contributed by atoms with Crippen molar-refractivity contribution in [1.82, 2.24) is 19.9 Å². The zero-order chi connectivity index (χ0) is 19.4. The lowest BCUT2D eigenvalue weighted by Crippen LogP contribution is -2.17. The van der Waals surface area contributed by atoms with Gasteiger partial charge in [0.25, 0.3) is 0 Å². The van der Waals surface area contributed by atoms with Crippen LogP contribution in [0.15, 0.2) is 5.16 Å². The Labute approximate surface area is 159 Å². The van der Waals surface area contributed by atoms with Crippen molar-refractivity contribution in [1.29, 1.82) is 0 Å². The SMILES string of the molecule is Cc1nc(NC(=O)CSc2nnc(C(C)C)n2N)sc1C(=O)OC(C)C. The number of carbonyl (C=O) groups is 2. The fourth-order valence-corrected chi connectivity index (χ4v) is 3.50. The number of thiazole rings is 1. The lowest BCUT2D eigenvalue weighted by molar-refractivity contribution is -0.113. The quantitative estimate of drug-likeness (QED) is 0.413. The summed E-state index contributed by atoms with van der Waals surface area (Å²) in [6, 6.07) is 0. The summed E-state index contributed by atoms with van der Waals surface area (Å²) in [5.74, 6) is 6.08. The first-order valence-corrected chi connectivity index (χ1v) is 9.80. The highest BCUT2D eigenvalue weighted by atomic mass is 32.2. The molecule has 26 heavy (non-hydrogen) atoms. The molecule has 0 saturated carbocycles. The van der Waals surface area contributed by atoms with Gasteiger partial charge < -0.3 is 15.9 Å². The van der Waals surface area contributed by atoms with Crippen molar-refractivity contribution < 1.29 is 14.3 Å². The van der Waals surface area contributed by atoms with Crippen LogP contribution in [0.1, 0.15) is 54.8 Å². The van der Waals surface area contributed by atoms with E-state index in [9.17, 15) is 9.59 Å². The van der Waals surface area contributed by atoms with Crippen molar-refractivity contribution in [2.24, 2.45) is 0 Å². The number of ether oxygens (including phenoxy) is 1. The molecule has 0 unspecified atom stereocenters. The van der Waals surface area contributed by atoms with Crippen LogP contribution in [0.3, 0.4) is 0 Å². The minimum absolute atomic E-state index is 0.0951. The third-order valence-electron chi connectivity index (χ3n) is 3.11. The minimum atomic E-state index is -0.442. The largest absolute Gasteiger partial charge is 0.459 e. The maximum absolute atomic E-state index is 12.1. The predicted octanol–water partition coefficient (Wildman–Crippen LogP) is 2.18. The smallest absolute Gasteiger partial charge is 0.350 e. The summed E-state index contributed by atoms with van der Waals surface area (Å²) in [7, 11) is 0. The van der Waals surface area contributed by atoms with Crippen molar-refractivity contribution in [2.45, 2.75) is 51.8 Å². The fourth-order valence-electron chi connectivity index (χ4n) is 1.97. The van der Waals surface area contributed by atoms with E-state index in [1.165, 1.54) is 16.4 Å². The summed E-state index contributed by atoms with van der Waals surface area (Å²) in [5, 5.41) is 11.5. The van der Waals surface area contributed by atoms with E-state index in [0.717, 1.165) is 11.3 Å². The Morgan fingerprint density at radius 1 is 1.31 bits per heavy atom. The maximum atomic E-state index is 12.1. The van der Waals surface area contributed by atoms with Crippen LogP contribution in [0, 0.1) is 6.92 Å². The second kappa shape index (κ2) is 8.49. The molecule has 0 saturated heterocycles. The lowest BCUT2D eigenvalue weighted by Gasteiger charge is -2.06. The fraction of sp³-hybridized carbons (Fsp3) is 0.533. The highest BCUT2D eigenvalue weighted by Gasteiger charge is 2.19. The number of rotatable bonds is 7. The molecule has 0 spiro atoms. The Morgan fingerprint density at radius 3 is 2.58 bits per heavy atom. The van der Waals surface area contributed by atoms with Gasteiger partial charge in [0, 0.05) is 5.92 Å². The normalized spacial score (nSPS) is 11.2. The van der Waals surface area contributed by atoms with Gasteiger partial charge in [-0.25, -0.2) is 14.5 Å². The molecule has 0 fully saturated rings. The molecule has 9 nitrogen and oxygen atoms in total. The van der Waals surface area contributed by atoms with E-state index in [1.54, 1.807) is 20.8 Å². The number of hydrogen-bond donors (Lipinski definition) is 2. The molecule has 1 amide bonds. The summed E-state index contributed by atoms with van der Waals surface area (Å²) in [6.07, 6.45) is -0.220. The first-order valence-electron chi connectivity index (χ1n) is 8.00. The van der Waals surface area contributed by atoms with E-state index in [4.69, 9.17) is 10.6 Å². The highest BCUT2D eigenvalue weighted by molar-refractivity contribution is 7.99. The molecular weight excluding hydrogens is 376 g/mol. The average Bonchev–Trinajstić information content (AvgIpc) is 3.07. The van der Waals surface area contributed by atoms with E-state index < -0.39 is 5.97 Å². The van der Waals surface area contributed by atoms with Gasteiger partial charge in [-0.2, -0.15) is 0 Å². The van der Waals surface area contributed by atoms with Crippen LogP contribution in [-0.4, -0.2) is 43.6 Å². The number of thioether (sulfide) groups is 1. The molecule has 0 aliphatic rings. The number of nitrogen functional groups attached to an aromatic ring is 1. The van der Waals surface area contributed by atoms with Gasteiger partial charge in [0.1, 0.15) is 4.88 Å². The average molecular weight is 399 g/mol. The molecule has 2 aromatic rings. The Morgan fingerprint density at radius 2 is 2.00 bits per heavy atom. The van der Waals surface area contributed by atoms with Crippen LogP contribution >= 0.6 is 23.1 Å². The number of nitrogens with one attached hydrogen (secondary N) is 1. The number of aromatic nitrogens is 4. The first-order chi connectivity index (χ1) is 12.2. The molecule has 11 heteroatoms. The lowest BCUT2D eigenvalue weighted by atomic mass is 10.2. The summed E-state index contributed by atoms with van der Waals surface area (Å²) < 4.78 is 6.54. The topological polar surface area (TPSA) is 125 Å². The van der Waals surface area contributed by atoms with Gasteiger partial charge in [0.15, 0.2) is 11.0 Å². The van der Waals surface area contributed by atoms with Crippen LogP contribution in [0.5, 0.6) is 0 Å². The van der Waals surface area contributed by atoms with Crippen molar-refractivity contribution in [3.63, 3.8) is 0 Å². The zero-order valence-corrected chi connectivity index (χ0v) is 16.9. The number of anilines is 1. The van der Waals surface area contributed by atoms with Crippen molar-refractivity contribution in [2.75, 3.05) is 16.9 Å². The second-order valence-electron chi connectivity index (χ2n) is 6.09. The molecule has 2 aromatic heterocycles. The van der Waals surface area contributed by atoms with Gasteiger partial charge in [-0.1, -0.05) is 36.9 Å². The molecular formula is C15H22N6O3S2. The summed E-state index contributed by atoms with van der Waals surface area (Å²) in [5.41, 5.74) is 0.520. The Kier molecular flexibility index (Phi) is 6.59. The molecule has 2 rings (SSSR count). The van der Waals surface area contributed by atoms with Crippen LogP contribution in [0.4, 0.5) is 5.13 Å². The second-order valence-corrected chi connectivity index (χ2v) is 8.03. The maximum Gasteiger partial charge on any atom is 0.350 e. The van der Waals surface area contributed by atoms with E-state index in [0.29, 0.717) is 26.7 Å². The van der Waals surface area contributed by atoms with Crippen molar-refractivity contribution >= 4 is 40.1 Å². The standard InChI is InChI=1S/C15H22N6O3S2/c1-7(2)12-19-20-15(21(12)16)25-6-10(22)18-14-17-9(5)11(26-14)13(23)24-8(3)4/h7-8H,6,16H2,1-5H3,(H,17,18,22). The first kappa shape index (κ1) is 20.2. The summed E-state index contributed by atoms with van der Waals surface area (Å²) >= 11 is 2.26. The van der Waals surface area contributed by atoms with Gasteiger partial charge in [0.05, 0.1) is 17.6 Å². The van der Waals surface area contributed by atoms with Gasteiger partial charge in [0.2, 0.25) is 11.1 Å². The Hall–Kier alpha value is -2.14. The molecule has 0 bridgehead atoms. The monoisotopic (exact) mass is 398 g/mol. The number of esters is 1. The van der Waals surface area contributed by atoms with Gasteiger partial charge >= 0.3 is 5.97 Å². The Bertz CT molecular complexity index is 799. The van der Waals surface area contributed by atoms with Crippen LogP contribution in [-0.2, 0) is 9.53 Å². The molecule has 142 valence electrons. The van der Waals surface area contributed by atoms with Gasteiger partial charge in [-0.05, 0) is 20.8 Å². The number of nitrogens with two attached hydrogens (primary N) is 1. The molecule has 0 radical (unpaired) electrons. The third kappa shape index (κ3) is 4.94. The van der Waals surface area contributed by atoms with E-state index >= 15 is 0 Å². The van der Waals surface area contributed by atoms with Crippen LogP contribution in [0.2, 0.25) is 0 Å². The van der Waals surface area contributed by atoms with Crippen molar-refractivity contribution in [3.05, 3.63) is 16.4 Å². The number of hydrogen-bond acceptors (Lipinski definition) is 9. The molecule has 0 aromatic carbocycles. The molecule has 3 N–H and O–H groups in total. The summed E-state index contributed by atoms with van der Waals surface area (Å²) in [4.78, 5) is 28.7. The number of amides is 1. The van der Waals surface area contributed by atoms with E-state index in [2.05, 4.69) is 20.5 Å². The predicted molar refractivity (Wildman–Crippen MR) is 101 cm³/mol. The molecule has 0 atom stereocenters. The van der Waals surface area contributed by atoms with Gasteiger partial charge in [-0.15, -0.1) is 10.2 Å². The third-order valence-corrected chi connectivity index (χ3v) is 5.11.